The Kier molecular flexibility index (Phi) is 1.20. The van der Waals surface area contributed by atoms with Crippen molar-refractivity contribution in [2.24, 2.45) is 5.92 Å². The number of carbonyl (C=O) groups excluding carboxylic acids is 1. The average Bonchev–Trinajstić information content (AvgIpc) is 2.50. The second-order valence-corrected chi connectivity index (χ2v) is 3.62. The Balaban J connectivity index is 2.07. The second kappa shape index (κ2) is 2.25. The third kappa shape index (κ3) is 0.869. The molecule has 2 aliphatic heterocycles. The summed E-state index contributed by atoms with van der Waals surface area (Å²) in [5, 5.41) is 6.18. The molecular formula is C10H10N2O. The van der Waals surface area contributed by atoms with Gasteiger partial charge in [0.1, 0.15) is 0 Å². The van der Waals surface area contributed by atoms with Crippen LogP contribution in [-0.4, -0.2) is 11.9 Å². The van der Waals surface area contributed by atoms with Gasteiger partial charge in [-0.05, 0) is 17.8 Å². The summed E-state index contributed by atoms with van der Waals surface area (Å²) in [7, 11) is 0. The van der Waals surface area contributed by atoms with Gasteiger partial charge in [0, 0.05) is 11.6 Å². The zero-order valence-electron chi connectivity index (χ0n) is 7.08. The van der Waals surface area contributed by atoms with E-state index in [1.165, 1.54) is 5.57 Å². The van der Waals surface area contributed by atoms with Crippen LogP contribution in [0.5, 0.6) is 0 Å². The van der Waals surface area contributed by atoms with Crippen molar-refractivity contribution in [2.45, 2.75) is 12.5 Å². The van der Waals surface area contributed by atoms with Crippen molar-refractivity contribution < 1.29 is 4.79 Å². The zero-order chi connectivity index (χ0) is 8.84. The first-order valence-corrected chi connectivity index (χ1v) is 4.48. The fourth-order valence-corrected chi connectivity index (χ4v) is 2.23. The second-order valence-electron chi connectivity index (χ2n) is 3.62. The van der Waals surface area contributed by atoms with Gasteiger partial charge in [0.15, 0.2) is 0 Å². The highest BCUT2D eigenvalue weighted by molar-refractivity contribution is 5.83. The van der Waals surface area contributed by atoms with Crippen LogP contribution in [0.4, 0.5) is 0 Å². The molecule has 0 aromatic heterocycles. The van der Waals surface area contributed by atoms with Gasteiger partial charge in [-0.15, -0.1) is 0 Å². The van der Waals surface area contributed by atoms with Gasteiger partial charge in [-0.25, -0.2) is 0 Å². The predicted octanol–water partition coefficient (Wildman–Crippen LogP) is 0.432. The van der Waals surface area contributed by atoms with Crippen molar-refractivity contribution in [3.05, 3.63) is 35.7 Å². The molecular weight excluding hydrogens is 164 g/mol. The molecule has 0 aromatic rings. The quantitative estimate of drug-likeness (QED) is 0.559. The fourth-order valence-electron chi connectivity index (χ4n) is 2.23. The maximum absolute atomic E-state index is 11.3. The van der Waals surface area contributed by atoms with Crippen LogP contribution >= 0.6 is 0 Å². The van der Waals surface area contributed by atoms with Crippen molar-refractivity contribution in [1.82, 2.24) is 10.6 Å². The third-order valence-corrected chi connectivity index (χ3v) is 2.80. The summed E-state index contributed by atoms with van der Waals surface area (Å²) in [5.74, 6) is 0.481. The Labute approximate surface area is 76.2 Å². The molecule has 1 saturated heterocycles. The predicted molar refractivity (Wildman–Crippen MR) is 48.5 cm³/mol. The molecule has 66 valence electrons. The fraction of sp³-hybridized carbons (Fsp3) is 0.300. The van der Waals surface area contributed by atoms with Crippen LogP contribution in [0.2, 0.25) is 0 Å². The lowest BCUT2D eigenvalue weighted by molar-refractivity contribution is -0.120. The van der Waals surface area contributed by atoms with Crippen molar-refractivity contribution in [1.29, 1.82) is 0 Å². The summed E-state index contributed by atoms with van der Waals surface area (Å²) in [4.78, 5) is 11.3. The molecule has 3 nitrogen and oxygen atoms in total. The van der Waals surface area contributed by atoms with Gasteiger partial charge in [-0.3, -0.25) is 4.79 Å². The maximum atomic E-state index is 11.3. The van der Waals surface area contributed by atoms with Crippen molar-refractivity contribution in [3.63, 3.8) is 0 Å². The van der Waals surface area contributed by atoms with Crippen LogP contribution in [0, 0.1) is 5.92 Å². The van der Waals surface area contributed by atoms with E-state index in [1.54, 1.807) is 0 Å². The Morgan fingerprint density at radius 2 is 2.38 bits per heavy atom. The van der Waals surface area contributed by atoms with Crippen LogP contribution < -0.4 is 10.6 Å². The molecule has 0 spiro atoms. The monoisotopic (exact) mass is 174 g/mol. The SMILES string of the molecule is O=C1CC2=CNC3C=CC=C(N1)C23. The first kappa shape index (κ1) is 6.95. The lowest BCUT2D eigenvalue weighted by Gasteiger charge is -2.29. The number of piperidine rings is 1. The summed E-state index contributed by atoms with van der Waals surface area (Å²) in [5.41, 5.74) is 2.25. The smallest absolute Gasteiger partial charge is 0.228 e. The molecule has 0 bridgehead atoms. The molecule has 0 aromatic carbocycles. The van der Waals surface area contributed by atoms with Gasteiger partial charge < -0.3 is 10.6 Å². The zero-order valence-corrected chi connectivity index (χ0v) is 7.08. The number of rotatable bonds is 0. The summed E-state index contributed by atoms with van der Waals surface area (Å²) < 4.78 is 0. The Morgan fingerprint density at radius 1 is 1.46 bits per heavy atom. The Bertz CT molecular complexity index is 365. The number of hydrogen-bond acceptors (Lipinski definition) is 2. The van der Waals surface area contributed by atoms with Gasteiger partial charge in [-0.1, -0.05) is 12.2 Å². The van der Waals surface area contributed by atoms with Gasteiger partial charge in [0.2, 0.25) is 5.91 Å². The third-order valence-electron chi connectivity index (χ3n) is 2.80. The number of allylic oxidation sites excluding steroid dienone is 2. The van der Waals surface area contributed by atoms with Gasteiger partial charge in [-0.2, -0.15) is 0 Å². The number of carbonyl (C=O) groups is 1. The molecule has 2 unspecified atom stereocenters. The summed E-state index contributed by atoms with van der Waals surface area (Å²) in [6.07, 6.45) is 8.64. The Hall–Kier alpha value is -1.51. The van der Waals surface area contributed by atoms with E-state index in [2.05, 4.69) is 16.7 Å². The molecule has 13 heavy (non-hydrogen) atoms. The minimum atomic E-state index is 0.103. The summed E-state index contributed by atoms with van der Waals surface area (Å²) in [6, 6.07) is 0.357. The van der Waals surface area contributed by atoms with E-state index in [4.69, 9.17) is 0 Å². The average molecular weight is 174 g/mol. The molecule has 3 aliphatic rings. The molecule has 1 aliphatic carbocycles. The van der Waals surface area contributed by atoms with Crippen LogP contribution in [0.3, 0.4) is 0 Å². The molecule has 2 N–H and O–H groups in total. The largest absolute Gasteiger partial charge is 0.384 e. The lowest BCUT2D eigenvalue weighted by Crippen LogP contribution is -2.40. The minimum absolute atomic E-state index is 0.103. The highest BCUT2D eigenvalue weighted by Crippen LogP contribution is 2.35. The van der Waals surface area contributed by atoms with Crippen LogP contribution in [0.25, 0.3) is 0 Å². The van der Waals surface area contributed by atoms with Crippen LogP contribution in [-0.2, 0) is 4.79 Å². The Morgan fingerprint density at radius 3 is 3.31 bits per heavy atom. The van der Waals surface area contributed by atoms with Gasteiger partial charge >= 0.3 is 0 Å². The minimum Gasteiger partial charge on any atom is -0.384 e. The molecule has 1 amide bonds. The van der Waals surface area contributed by atoms with E-state index in [0.29, 0.717) is 18.4 Å². The van der Waals surface area contributed by atoms with Crippen LogP contribution in [0.1, 0.15) is 6.42 Å². The van der Waals surface area contributed by atoms with E-state index in [1.807, 2.05) is 18.4 Å². The van der Waals surface area contributed by atoms with E-state index >= 15 is 0 Å². The maximum Gasteiger partial charge on any atom is 0.228 e. The number of amides is 1. The van der Waals surface area contributed by atoms with Gasteiger partial charge in [0.25, 0.3) is 0 Å². The van der Waals surface area contributed by atoms with Crippen molar-refractivity contribution in [3.8, 4) is 0 Å². The summed E-state index contributed by atoms with van der Waals surface area (Å²) >= 11 is 0. The first-order valence-electron chi connectivity index (χ1n) is 4.48. The van der Waals surface area contributed by atoms with Crippen molar-refractivity contribution >= 4 is 5.91 Å². The van der Waals surface area contributed by atoms with E-state index in [0.717, 1.165) is 5.70 Å². The molecule has 3 rings (SSSR count). The highest BCUT2D eigenvalue weighted by atomic mass is 16.1. The molecule has 2 heterocycles. The van der Waals surface area contributed by atoms with Gasteiger partial charge in [0.05, 0.1) is 12.5 Å². The molecule has 0 saturated carbocycles. The van der Waals surface area contributed by atoms with Crippen LogP contribution in [0.15, 0.2) is 35.7 Å². The van der Waals surface area contributed by atoms with Crippen molar-refractivity contribution in [2.75, 3.05) is 0 Å². The lowest BCUT2D eigenvalue weighted by atomic mass is 9.84. The normalized spacial score (nSPS) is 34.3. The molecule has 0 radical (unpaired) electrons. The van der Waals surface area contributed by atoms with E-state index in [-0.39, 0.29) is 5.91 Å². The molecule has 1 fully saturated rings. The molecule has 3 heteroatoms. The van der Waals surface area contributed by atoms with E-state index in [9.17, 15) is 4.79 Å². The highest BCUT2D eigenvalue weighted by Gasteiger charge is 2.37. The first-order chi connectivity index (χ1) is 6.34. The number of nitrogens with one attached hydrogen (secondary N) is 2. The van der Waals surface area contributed by atoms with E-state index < -0.39 is 0 Å². The summed E-state index contributed by atoms with van der Waals surface area (Å²) in [6.45, 7) is 0. The molecule has 2 atom stereocenters. The number of hydrogen-bond donors (Lipinski definition) is 2. The standard InChI is InChI=1S/C10H10N2O/c13-9-4-6-5-11-7-2-1-3-8(12-9)10(6)7/h1-3,5,7,10-11H,4H2,(H,12,13). The topological polar surface area (TPSA) is 41.1 Å².